The third kappa shape index (κ3) is 3.37. The van der Waals surface area contributed by atoms with E-state index in [2.05, 4.69) is 5.10 Å². The molecule has 2 N–H and O–H groups in total. The molecule has 2 heterocycles. The minimum absolute atomic E-state index is 0. The highest BCUT2D eigenvalue weighted by Crippen LogP contribution is 2.32. The van der Waals surface area contributed by atoms with E-state index >= 15 is 0 Å². The Bertz CT molecular complexity index is 601. The molecule has 1 saturated heterocycles. The van der Waals surface area contributed by atoms with Crippen molar-refractivity contribution >= 4 is 34.0 Å². The van der Waals surface area contributed by atoms with Gasteiger partial charge >= 0.3 is 0 Å². The molecule has 122 valence electrons. The van der Waals surface area contributed by atoms with Crippen molar-refractivity contribution < 1.29 is 8.42 Å². The molecule has 9 heteroatoms. The molecule has 21 heavy (non-hydrogen) atoms. The summed E-state index contributed by atoms with van der Waals surface area (Å²) in [4.78, 5) is 0.106. The van der Waals surface area contributed by atoms with Gasteiger partial charge in [0.25, 0.3) is 0 Å². The maximum atomic E-state index is 12.9. The highest BCUT2D eigenvalue weighted by Gasteiger charge is 2.38. The van der Waals surface area contributed by atoms with Crippen LogP contribution in [0.4, 0.5) is 0 Å². The summed E-state index contributed by atoms with van der Waals surface area (Å²) in [6, 6.07) is -0.384. The molecule has 1 aromatic rings. The second kappa shape index (κ2) is 6.83. The maximum Gasteiger partial charge on any atom is 0.248 e. The number of halogens is 2. The highest BCUT2D eigenvalue weighted by atomic mass is 35.5. The van der Waals surface area contributed by atoms with Gasteiger partial charge in [-0.3, -0.25) is 4.68 Å². The first-order valence-electron chi connectivity index (χ1n) is 6.73. The second-order valence-corrected chi connectivity index (χ2v) is 7.55. The van der Waals surface area contributed by atoms with Crippen LogP contribution in [-0.4, -0.2) is 41.1 Å². The van der Waals surface area contributed by atoms with Gasteiger partial charge in [-0.2, -0.15) is 9.40 Å². The Morgan fingerprint density at radius 3 is 2.52 bits per heavy atom. The van der Waals surface area contributed by atoms with Crippen molar-refractivity contribution in [2.45, 2.75) is 50.1 Å². The van der Waals surface area contributed by atoms with Gasteiger partial charge in [0, 0.05) is 25.7 Å². The predicted molar refractivity (Wildman–Crippen MR) is 85.4 cm³/mol. The maximum absolute atomic E-state index is 12.9. The molecule has 2 atom stereocenters. The van der Waals surface area contributed by atoms with E-state index in [0.717, 1.165) is 19.3 Å². The van der Waals surface area contributed by atoms with Crippen molar-refractivity contribution in [1.29, 1.82) is 0 Å². The molecule has 1 aliphatic rings. The molecule has 0 aromatic carbocycles. The zero-order chi connectivity index (χ0) is 15.1. The van der Waals surface area contributed by atoms with Crippen molar-refractivity contribution in [3.8, 4) is 0 Å². The van der Waals surface area contributed by atoms with Gasteiger partial charge in [0.1, 0.15) is 10.0 Å². The van der Waals surface area contributed by atoms with E-state index < -0.39 is 10.0 Å². The second-order valence-electron chi connectivity index (χ2n) is 5.37. The van der Waals surface area contributed by atoms with Crippen LogP contribution in [0.2, 0.25) is 5.15 Å². The molecule has 0 radical (unpaired) electrons. The van der Waals surface area contributed by atoms with Crippen molar-refractivity contribution in [3.63, 3.8) is 0 Å². The fourth-order valence-electron chi connectivity index (χ4n) is 2.78. The highest BCUT2D eigenvalue weighted by molar-refractivity contribution is 7.89. The lowest BCUT2D eigenvalue weighted by Crippen LogP contribution is -2.51. The first kappa shape index (κ1) is 18.7. The van der Waals surface area contributed by atoms with Crippen LogP contribution in [0.25, 0.3) is 0 Å². The SMILES string of the molecule is Cc1nn(C)c(Cl)c1S(=O)(=O)N1CCCCC1C(C)N.Cl. The summed E-state index contributed by atoms with van der Waals surface area (Å²) in [5.74, 6) is 0. The summed E-state index contributed by atoms with van der Waals surface area (Å²) in [5.41, 5.74) is 6.38. The average molecular weight is 357 g/mol. The van der Waals surface area contributed by atoms with Gasteiger partial charge in [-0.15, -0.1) is 12.4 Å². The molecule has 2 rings (SSSR count). The Labute approximate surface area is 137 Å². The topological polar surface area (TPSA) is 81.2 Å². The number of hydrogen-bond donors (Lipinski definition) is 1. The molecule has 1 aliphatic heterocycles. The van der Waals surface area contributed by atoms with E-state index in [1.807, 2.05) is 6.92 Å². The van der Waals surface area contributed by atoms with Gasteiger partial charge in [-0.05, 0) is 26.7 Å². The number of rotatable bonds is 3. The van der Waals surface area contributed by atoms with Crippen LogP contribution >= 0.6 is 24.0 Å². The molecule has 2 unspecified atom stereocenters. The Balaban J connectivity index is 0.00000220. The van der Waals surface area contributed by atoms with Gasteiger partial charge < -0.3 is 5.73 Å². The summed E-state index contributed by atoms with van der Waals surface area (Å²) in [5, 5.41) is 4.24. The lowest BCUT2D eigenvalue weighted by Gasteiger charge is -2.36. The molecule has 1 aromatic heterocycles. The monoisotopic (exact) mass is 356 g/mol. The smallest absolute Gasteiger partial charge is 0.248 e. The number of piperidine rings is 1. The molecular weight excluding hydrogens is 335 g/mol. The molecule has 1 fully saturated rings. The summed E-state index contributed by atoms with van der Waals surface area (Å²) in [6.07, 6.45) is 2.63. The number of sulfonamides is 1. The Hall–Kier alpha value is -0.340. The van der Waals surface area contributed by atoms with Crippen LogP contribution in [0, 0.1) is 6.92 Å². The lowest BCUT2D eigenvalue weighted by atomic mass is 10.00. The molecule has 6 nitrogen and oxygen atoms in total. The van der Waals surface area contributed by atoms with E-state index in [9.17, 15) is 8.42 Å². The molecule has 0 amide bonds. The number of hydrogen-bond acceptors (Lipinski definition) is 4. The standard InChI is InChI=1S/C12H21ClN4O2S.ClH/c1-8(14)10-6-4-5-7-17(10)20(18,19)11-9(2)15-16(3)12(11)13;/h8,10H,4-7,14H2,1-3H3;1H. The first-order chi connectivity index (χ1) is 9.26. The fraction of sp³-hybridized carbons (Fsp3) is 0.750. The fourth-order valence-corrected chi connectivity index (χ4v) is 5.26. The van der Waals surface area contributed by atoms with E-state index in [-0.39, 0.29) is 34.5 Å². The first-order valence-corrected chi connectivity index (χ1v) is 8.55. The molecular formula is C12H22Cl2N4O2S. The normalized spacial score (nSPS) is 21.9. The van der Waals surface area contributed by atoms with Crippen LogP contribution < -0.4 is 5.73 Å². The minimum Gasteiger partial charge on any atom is -0.326 e. The van der Waals surface area contributed by atoms with Crippen LogP contribution in [0.1, 0.15) is 31.9 Å². The number of aromatic nitrogens is 2. The Morgan fingerprint density at radius 1 is 1.43 bits per heavy atom. The predicted octanol–water partition coefficient (Wildman–Crippen LogP) is 1.69. The summed E-state index contributed by atoms with van der Waals surface area (Å²) < 4.78 is 28.7. The Kier molecular flexibility index (Phi) is 6.08. The summed E-state index contributed by atoms with van der Waals surface area (Å²) >= 11 is 6.11. The third-order valence-corrected chi connectivity index (χ3v) is 6.39. The minimum atomic E-state index is -3.66. The van der Waals surface area contributed by atoms with Gasteiger partial charge in [0.2, 0.25) is 10.0 Å². The number of aryl methyl sites for hydroxylation is 2. The number of nitrogens with zero attached hydrogens (tertiary/aromatic N) is 3. The third-order valence-electron chi connectivity index (χ3n) is 3.77. The van der Waals surface area contributed by atoms with Crippen LogP contribution in [0.3, 0.4) is 0 Å². The molecule has 0 bridgehead atoms. The van der Waals surface area contributed by atoms with Crippen LogP contribution in [-0.2, 0) is 17.1 Å². The van der Waals surface area contributed by atoms with Crippen molar-refractivity contribution in [2.75, 3.05) is 6.54 Å². The van der Waals surface area contributed by atoms with Crippen molar-refractivity contribution in [1.82, 2.24) is 14.1 Å². The van der Waals surface area contributed by atoms with Gasteiger partial charge in [-0.25, -0.2) is 8.42 Å². The van der Waals surface area contributed by atoms with E-state index in [1.54, 1.807) is 14.0 Å². The van der Waals surface area contributed by atoms with Crippen molar-refractivity contribution in [2.24, 2.45) is 12.8 Å². The largest absolute Gasteiger partial charge is 0.326 e. The number of nitrogens with two attached hydrogens (primary N) is 1. The molecule has 0 aliphatic carbocycles. The van der Waals surface area contributed by atoms with Crippen LogP contribution in [0.15, 0.2) is 4.90 Å². The van der Waals surface area contributed by atoms with E-state index in [1.165, 1.54) is 8.99 Å². The van der Waals surface area contributed by atoms with Crippen LogP contribution in [0.5, 0.6) is 0 Å². The van der Waals surface area contributed by atoms with Gasteiger partial charge in [0.15, 0.2) is 0 Å². The van der Waals surface area contributed by atoms with Gasteiger partial charge in [0.05, 0.1) is 5.69 Å². The van der Waals surface area contributed by atoms with E-state index in [4.69, 9.17) is 17.3 Å². The molecule has 0 spiro atoms. The van der Waals surface area contributed by atoms with E-state index in [0.29, 0.717) is 12.2 Å². The summed E-state index contributed by atoms with van der Waals surface area (Å²) in [6.45, 7) is 3.99. The quantitative estimate of drug-likeness (QED) is 0.893. The zero-order valence-electron chi connectivity index (χ0n) is 12.4. The molecule has 0 saturated carbocycles. The lowest BCUT2D eigenvalue weighted by molar-refractivity contribution is 0.227. The average Bonchev–Trinajstić information content (AvgIpc) is 2.63. The Morgan fingerprint density at radius 2 is 2.05 bits per heavy atom. The van der Waals surface area contributed by atoms with Crippen molar-refractivity contribution in [3.05, 3.63) is 10.8 Å². The zero-order valence-corrected chi connectivity index (χ0v) is 14.8. The summed E-state index contributed by atoms with van der Waals surface area (Å²) in [7, 11) is -2.03. The van der Waals surface area contributed by atoms with Gasteiger partial charge in [-0.1, -0.05) is 18.0 Å².